The summed E-state index contributed by atoms with van der Waals surface area (Å²) in [5.74, 6) is 0.609. The van der Waals surface area contributed by atoms with Crippen LogP contribution < -0.4 is 16.6 Å². The molecule has 1 aliphatic carbocycles. The zero-order chi connectivity index (χ0) is 13.1. The van der Waals surface area contributed by atoms with Gasteiger partial charge in [-0.2, -0.15) is 5.10 Å². The minimum absolute atomic E-state index is 0.00421. The van der Waals surface area contributed by atoms with Gasteiger partial charge < -0.3 is 11.1 Å². The van der Waals surface area contributed by atoms with Gasteiger partial charge in [0.1, 0.15) is 5.69 Å². The monoisotopic (exact) mass is 314 g/mol. The van der Waals surface area contributed by atoms with Gasteiger partial charge in [0, 0.05) is 19.1 Å². The number of hydrogen-bond donors (Lipinski definition) is 2. The average Bonchev–Trinajstić information content (AvgIpc) is 2.25. The van der Waals surface area contributed by atoms with Crippen molar-refractivity contribution in [3.63, 3.8) is 0 Å². The Kier molecular flexibility index (Phi) is 4.40. The molecule has 0 aliphatic heterocycles. The third-order valence-corrected chi connectivity index (χ3v) is 3.86. The van der Waals surface area contributed by atoms with Gasteiger partial charge in [0.2, 0.25) is 0 Å². The van der Waals surface area contributed by atoms with Crippen molar-refractivity contribution in [2.24, 2.45) is 11.7 Å². The van der Waals surface area contributed by atoms with Crippen molar-refractivity contribution in [1.29, 1.82) is 0 Å². The lowest BCUT2D eigenvalue weighted by molar-refractivity contribution is 0.262. The van der Waals surface area contributed by atoms with Crippen molar-refractivity contribution >= 4 is 21.6 Å². The topological polar surface area (TPSA) is 72.9 Å². The molecule has 1 saturated carbocycles. The quantitative estimate of drug-likeness (QED) is 0.865. The van der Waals surface area contributed by atoms with Gasteiger partial charge in [0.05, 0.1) is 10.7 Å². The highest BCUT2D eigenvalue weighted by Crippen LogP contribution is 2.27. The van der Waals surface area contributed by atoms with E-state index in [0.29, 0.717) is 22.6 Å². The zero-order valence-electron chi connectivity index (χ0n) is 10.5. The number of nitrogens with two attached hydrogens (primary N) is 1. The fourth-order valence-electron chi connectivity index (χ4n) is 1.94. The van der Waals surface area contributed by atoms with E-state index in [9.17, 15) is 4.79 Å². The Labute approximate surface area is 115 Å². The molecule has 1 atom stereocenters. The van der Waals surface area contributed by atoms with Crippen molar-refractivity contribution in [2.75, 3.05) is 11.9 Å². The molecule has 6 heteroatoms. The molecular weight excluding hydrogens is 296 g/mol. The summed E-state index contributed by atoms with van der Waals surface area (Å²) >= 11 is 3.35. The van der Waals surface area contributed by atoms with Gasteiger partial charge >= 0.3 is 0 Å². The lowest BCUT2D eigenvalue weighted by atomic mass is 9.85. The van der Waals surface area contributed by atoms with E-state index >= 15 is 0 Å². The number of halogens is 1. The minimum Gasteiger partial charge on any atom is -0.378 e. The van der Waals surface area contributed by atoms with Crippen LogP contribution in [0.3, 0.4) is 0 Å². The molecule has 3 N–H and O–H groups in total. The van der Waals surface area contributed by atoms with E-state index in [4.69, 9.17) is 5.73 Å². The predicted octanol–water partition coefficient (Wildman–Crippen LogP) is 1.57. The number of hydrogen-bond acceptors (Lipinski definition) is 4. The maximum Gasteiger partial charge on any atom is 0.291 e. The van der Waals surface area contributed by atoms with E-state index in [1.165, 1.54) is 19.3 Å². The molecule has 100 valence electrons. The van der Waals surface area contributed by atoms with Gasteiger partial charge in [-0.05, 0) is 41.6 Å². The number of nitrogens with zero attached hydrogens (tertiary/aromatic N) is 2. The molecule has 0 bridgehead atoms. The summed E-state index contributed by atoms with van der Waals surface area (Å²) in [6.45, 7) is 3.19. The molecule has 0 saturated heterocycles. The van der Waals surface area contributed by atoms with Crippen molar-refractivity contribution in [3.8, 4) is 0 Å². The number of nitrogens with one attached hydrogen (secondary N) is 1. The van der Waals surface area contributed by atoms with Gasteiger partial charge in [-0.25, -0.2) is 4.68 Å². The maximum absolute atomic E-state index is 12.2. The van der Waals surface area contributed by atoms with Crippen molar-refractivity contribution in [2.45, 2.75) is 38.8 Å². The van der Waals surface area contributed by atoms with Gasteiger partial charge in [0.25, 0.3) is 5.56 Å². The first kappa shape index (κ1) is 13.5. The van der Waals surface area contributed by atoms with Crippen LogP contribution in [0.15, 0.2) is 15.5 Å². The zero-order valence-corrected chi connectivity index (χ0v) is 12.1. The Balaban J connectivity index is 2.16. The highest BCUT2D eigenvalue weighted by Gasteiger charge is 2.20. The molecule has 1 aromatic heterocycles. The van der Waals surface area contributed by atoms with Crippen LogP contribution in [0.25, 0.3) is 0 Å². The van der Waals surface area contributed by atoms with E-state index in [1.54, 1.807) is 10.9 Å². The fraction of sp³-hybridized carbons (Fsp3) is 0.667. The lowest BCUT2D eigenvalue weighted by Crippen LogP contribution is -2.33. The first-order chi connectivity index (χ1) is 8.58. The van der Waals surface area contributed by atoms with Crippen LogP contribution in [-0.2, 0) is 6.54 Å². The van der Waals surface area contributed by atoms with Crippen molar-refractivity contribution < 1.29 is 0 Å². The molecule has 1 heterocycles. The van der Waals surface area contributed by atoms with E-state index in [1.807, 2.05) is 6.92 Å². The highest BCUT2D eigenvalue weighted by molar-refractivity contribution is 9.10. The van der Waals surface area contributed by atoms with Gasteiger partial charge in [0.15, 0.2) is 0 Å². The summed E-state index contributed by atoms with van der Waals surface area (Å²) in [5, 5.41) is 7.26. The third kappa shape index (κ3) is 3.11. The minimum atomic E-state index is -0.0723. The first-order valence-electron chi connectivity index (χ1n) is 6.33. The SMILES string of the molecule is CC(N)CNc1c(Br)cnn(CC2CCC2)c1=O. The van der Waals surface area contributed by atoms with Crippen molar-refractivity contribution in [3.05, 3.63) is 21.0 Å². The van der Waals surface area contributed by atoms with Crippen LogP contribution in [-0.4, -0.2) is 22.4 Å². The smallest absolute Gasteiger partial charge is 0.291 e. The summed E-state index contributed by atoms with van der Waals surface area (Å²) in [7, 11) is 0. The summed E-state index contributed by atoms with van der Waals surface area (Å²) in [5.41, 5.74) is 6.17. The molecule has 1 aromatic rings. The molecule has 18 heavy (non-hydrogen) atoms. The molecule has 0 amide bonds. The number of aromatic nitrogens is 2. The Hall–Kier alpha value is -0.880. The summed E-state index contributed by atoms with van der Waals surface area (Å²) < 4.78 is 2.25. The summed E-state index contributed by atoms with van der Waals surface area (Å²) in [6, 6.07) is 0.00421. The number of anilines is 1. The van der Waals surface area contributed by atoms with Crippen LogP contribution in [0, 0.1) is 5.92 Å². The van der Waals surface area contributed by atoms with Crippen LogP contribution in [0.1, 0.15) is 26.2 Å². The van der Waals surface area contributed by atoms with Crippen LogP contribution in [0.2, 0.25) is 0 Å². The Morgan fingerprint density at radius 2 is 2.39 bits per heavy atom. The molecule has 0 radical (unpaired) electrons. The van der Waals surface area contributed by atoms with Gasteiger partial charge in [-0.3, -0.25) is 4.79 Å². The van der Waals surface area contributed by atoms with Crippen LogP contribution in [0.5, 0.6) is 0 Å². The lowest BCUT2D eigenvalue weighted by Gasteiger charge is -2.25. The van der Waals surface area contributed by atoms with E-state index in [2.05, 4.69) is 26.3 Å². The Morgan fingerprint density at radius 1 is 1.67 bits per heavy atom. The third-order valence-electron chi connectivity index (χ3n) is 3.25. The molecule has 2 rings (SSSR count). The van der Waals surface area contributed by atoms with Gasteiger partial charge in [-0.1, -0.05) is 6.42 Å². The maximum atomic E-state index is 12.2. The van der Waals surface area contributed by atoms with E-state index in [0.717, 1.165) is 6.54 Å². The Morgan fingerprint density at radius 3 is 2.94 bits per heavy atom. The van der Waals surface area contributed by atoms with Crippen molar-refractivity contribution in [1.82, 2.24) is 9.78 Å². The summed E-state index contributed by atoms with van der Waals surface area (Å²) in [6.07, 6.45) is 5.34. The second kappa shape index (κ2) is 5.84. The predicted molar refractivity (Wildman–Crippen MR) is 75.7 cm³/mol. The normalized spacial score (nSPS) is 17.3. The second-order valence-electron chi connectivity index (χ2n) is 5.01. The second-order valence-corrected chi connectivity index (χ2v) is 5.86. The summed E-state index contributed by atoms with van der Waals surface area (Å²) in [4.78, 5) is 12.2. The molecule has 1 unspecified atom stereocenters. The standard InChI is InChI=1S/C12H19BrN4O/c1-8(14)5-15-11-10(13)6-16-17(12(11)18)7-9-3-2-4-9/h6,8-9,15H,2-5,7,14H2,1H3. The molecule has 5 nitrogen and oxygen atoms in total. The van der Waals surface area contributed by atoms with Crippen LogP contribution in [0.4, 0.5) is 5.69 Å². The highest BCUT2D eigenvalue weighted by atomic mass is 79.9. The molecule has 1 fully saturated rings. The average molecular weight is 315 g/mol. The number of rotatable bonds is 5. The molecular formula is C12H19BrN4O. The van der Waals surface area contributed by atoms with Gasteiger partial charge in [-0.15, -0.1) is 0 Å². The van der Waals surface area contributed by atoms with E-state index < -0.39 is 0 Å². The first-order valence-corrected chi connectivity index (χ1v) is 7.12. The largest absolute Gasteiger partial charge is 0.378 e. The fourth-order valence-corrected chi connectivity index (χ4v) is 2.34. The molecule has 0 spiro atoms. The van der Waals surface area contributed by atoms with Crippen LogP contribution >= 0.6 is 15.9 Å². The molecule has 1 aliphatic rings. The Bertz CT molecular complexity index is 468. The molecule has 0 aromatic carbocycles. The van der Waals surface area contributed by atoms with E-state index in [-0.39, 0.29) is 11.6 Å².